The van der Waals surface area contributed by atoms with Crippen LogP contribution in [0.1, 0.15) is 19.1 Å². The smallest absolute Gasteiger partial charge is 0.387 e. The summed E-state index contributed by atoms with van der Waals surface area (Å²) in [5.41, 5.74) is 3.22. The van der Waals surface area contributed by atoms with E-state index >= 15 is 0 Å². The molecular weight excluding hydrogens is 503 g/mol. The molecule has 0 radical (unpaired) electrons. The van der Waals surface area contributed by atoms with Gasteiger partial charge in [-0.2, -0.15) is 13.6 Å². The Bertz CT molecular complexity index is 1050. The largest absolute Gasteiger partial charge is 0.490 e. The number of phosphoric acid groups is 3. The fourth-order valence-electron chi connectivity index (χ4n) is 3.43. The van der Waals surface area contributed by atoms with E-state index in [0.717, 1.165) is 4.57 Å². The van der Waals surface area contributed by atoms with Crippen molar-refractivity contribution >= 4 is 29.3 Å². The van der Waals surface area contributed by atoms with E-state index < -0.39 is 59.8 Å². The number of aliphatic hydroxyl groups excluding tert-OH is 1. The Morgan fingerprint density at radius 1 is 1.22 bits per heavy atom. The van der Waals surface area contributed by atoms with E-state index in [1.807, 2.05) is 0 Å². The molecule has 0 saturated carbocycles. The second kappa shape index (κ2) is 8.96. The molecule has 0 aromatic carbocycles. The summed E-state index contributed by atoms with van der Waals surface area (Å²) in [4.78, 5) is 51.7. The number of hydrogen-bond donors (Lipinski definition) is 6. The summed E-state index contributed by atoms with van der Waals surface area (Å²) >= 11 is 0. The molecular formula is C12H20N3O14P3. The zero-order valence-corrected chi connectivity index (χ0v) is 18.6. The van der Waals surface area contributed by atoms with E-state index in [9.17, 15) is 33.4 Å². The molecule has 2 aliphatic heterocycles. The molecule has 0 aliphatic carbocycles. The van der Waals surface area contributed by atoms with Gasteiger partial charge in [0.25, 0.3) is 0 Å². The van der Waals surface area contributed by atoms with Gasteiger partial charge in [-0.1, -0.05) is 0 Å². The van der Waals surface area contributed by atoms with Gasteiger partial charge < -0.3 is 39.9 Å². The predicted octanol–water partition coefficient (Wildman–Crippen LogP) is -1.02. The summed E-state index contributed by atoms with van der Waals surface area (Å²) in [7, 11) is -16.7. The lowest BCUT2D eigenvalue weighted by Gasteiger charge is -2.31. The van der Waals surface area contributed by atoms with Crippen molar-refractivity contribution in [1.82, 2.24) is 9.55 Å². The minimum atomic E-state index is -5.71. The van der Waals surface area contributed by atoms with Crippen molar-refractivity contribution in [2.24, 2.45) is 0 Å². The van der Waals surface area contributed by atoms with Crippen LogP contribution in [0.15, 0.2) is 17.1 Å². The fraction of sp³-hybridized carbons (Fsp3) is 0.667. The lowest BCUT2D eigenvalue weighted by molar-refractivity contribution is -0.121. The van der Waals surface area contributed by atoms with Crippen molar-refractivity contribution in [3.63, 3.8) is 0 Å². The highest BCUT2D eigenvalue weighted by molar-refractivity contribution is 7.66. The third-order valence-electron chi connectivity index (χ3n) is 4.58. The fourth-order valence-corrected chi connectivity index (χ4v) is 6.46. The van der Waals surface area contributed by atoms with Gasteiger partial charge >= 0.3 is 29.2 Å². The maximum Gasteiger partial charge on any atom is 0.490 e. The maximum absolute atomic E-state index is 12.3. The van der Waals surface area contributed by atoms with Gasteiger partial charge in [0.15, 0.2) is 6.23 Å². The lowest BCUT2D eigenvalue weighted by atomic mass is 9.91. The Hall–Kier alpha value is -1.03. The van der Waals surface area contributed by atoms with E-state index in [1.54, 1.807) is 0 Å². The van der Waals surface area contributed by atoms with Crippen LogP contribution in [0.4, 0.5) is 5.82 Å². The summed E-state index contributed by atoms with van der Waals surface area (Å²) in [6.45, 7) is -0.694. The highest BCUT2D eigenvalue weighted by Crippen LogP contribution is 2.66. The number of rotatable bonds is 8. The third-order valence-corrected chi connectivity index (χ3v) is 8.38. The van der Waals surface area contributed by atoms with Crippen LogP contribution in [-0.2, 0) is 36.3 Å². The molecule has 17 nitrogen and oxygen atoms in total. The van der Waals surface area contributed by atoms with Crippen LogP contribution in [-0.4, -0.2) is 65.3 Å². The van der Waals surface area contributed by atoms with Crippen molar-refractivity contribution < 1.29 is 61.0 Å². The average Bonchev–Trinajstić information content (AvgIpc) is 3.19. The quantitative estimate of drug-likeness (QED) is 0.223. The monoisotopic (exact) mass is 523 g/mol. The molecule has 20 heteroatoms. The van der Waals surface area contributed by atoms with Gasteiger partial charge in [0, 0.05) is 12.8 Å². The van der Waals surface area contributed by atoms with Crippen LogP contribution in [0.5, 0.6) is 0 Å². The molecule has 32 heavy (non-hydrogen) atoms. The molecule has 1 spiro atoms. The van der Waals surface area contributed by atoms with Gasteiger partial charge in [-0.25, -0.2) is 18.5 Å². The summed E-state index contributed by atoms with van der Waals surface area (Å²) in [5.74, 6) is -0.0598. The van der Waals surface area contributed by atoms with Gasteiger partial charge in [0.1, 0.15) is 23.6 Å². The van der Waals surface area contributed by atoms with Crippen LogP contribution in [0.2, 0.25) is 0 Å². The Balaban J connectivity index is 1.76. The summed E-state index contributed by atoms with van der Waals surface area (Å²) < 4.78 is 58.1. The normalized spacial score (nSPS) is 32.1. The summed E-state index contributed by atoms with van der Waals surface area (Å²) in [6, 6.07) is 1.30. The van der Waals surface area contributed by atoms with E-state index in [4.69, 9.17) is 25.0 Å². The highest BCUT2D eigenvalue weighted by atomic mass is 31.3. The third kappa shape index (κ3) is 5.72. The van der Waals surface area contributed by atoms with Crippen LogP contribution < -0.4 is 11.4 Å². The highest BCUT2D eigenvalue weighted by Gasteiger charge is 2.60. The number of aliphatic hydroxyl groups is 1. The molecule has 2 aliphatic rings. The van der Waals surface area contributed by atoms with Crippen molar-refractivity contribution in [3.05, 3.63) is 22.7 Å². The lowest BCUT2D eigenvalue weighted by Crippen LogP contribution is -2.48. The molecule has 182 valence electrons. The van der Waals surface area contributed by atoms with Gasteiger partial charge in [-0.3, -0.25) is 9.09 Å². The second-order valence-electron chi connectivity index (χ2n) is 6.81. The molecule has 1 aromatic heterocycles. The molecule has 2 saturated heterocycles. The van der Waals surface area contributed by atoms with Gasteiger partial charge in [-0.05, 0) is 18.9 Å². The first-order valence-corrected chi connectivity index (χ1v) is 13.3. The molecule has 3 heterocycles. The number of nitrogen functional groups attached to an aromatic ring is 1. The van der Waals surface area contributed by atoms with Crippen molar-refractivity contribution in [1.29, 1.82) is 0 Å². The number of ether oxygens (including phenoxy) is 2. The number of phosphoric ester groups is 1. The minimum absolute atomic E-state index is 0.0598. The van der Waals surface area contributed by atoms with Gasteiger partial charge in [0.05, 0.1) is 6.61 Å². The zero-order chi connectivity index (χ0) is 23.9. The first kappa shape index (κ1) is 25.6. The number of anilines is 1. The van der Waals surface area contributed by atoms with Crippen LogP contribution in [0.25, 0.3) is 0 Å². The average molecular weight is 523 g/mol. The Morgan fingerprint density at radius 3 is 2.47 bits per heavy atom. The van der Waals surface area contributed by atoms with E-state index in [0.29, 0.717) is 6.42 Å². The van der Waals surface area contributed by atoms with Crippen molar-refractivity contribution in [3.8, 4) is 0 Å². The van der Waals surface area contributed by atoms with E-state index in [2.05, 4.69) is 18.1 Å². The maximum atomic E-state index is 12.3. The standard InChI is InChI=1S/C12H20N3O14P3/c13-8-2-4-15(11(17)14-8)10-12(3-1-5-25-12)9(16)7(27-10)6-26-31(21,22)29-32(23,24)28-30(18,19)20/h2,4,7,9-10,16H,1,3,5-6H2,(H,21,22)(H,23,24)(H2,13,14,17)(H2,18,19,20)/t7-,9-,10-,12-/m1/s1. The second-order valence-corrected chi connectivity index (χ2v) is 11.2. The number of hydrogen-bond acceptors (Lipinski definition) is 12. The van der Waals surface area contributed by atoms with Gasteiger partial charge in [0.2, 0.25) is 0 Å². The minimum Gasteiger partial charge on any atom is -0.387 e. The molecule has 6 atom stereocenters. The first-order chi connectivity index (χ1) is 14.6. The summed E-state index contributed by atoms with van der Waals surface area (Å²) in [5, 5.41) is 10.8. The molecule has 1 aromatic rings. The predicted molar refractivity (Wildman–Crippen MR) is 101 cm³/mol. The van der Waals surface area contributed by atoms with Crippen LogP contribution in [0.3, 0.4) is 0 Å². The number of nitrogens with zero attached hydrogens (tertiary/aromatic N) is 2. The Labute approximate surface area is 179 Å². The Morgan fingerprint density at radius 2 is 1.91 bits per heavy atom. The Kier molecular flexibility index (Phi) is 7.17. The topological polar surface area (TPSA) is 259 Å². The van der Waals surface area contributed by atoms with Crippen molar-refractivity contribution in [2.45, 2.75) is 36.9 Å². The summed E-state index contributed by atoms with van der Waals surface area (Å²) in [6.07, 6.45) is -2.12. The molecule has 2 fully saturated rings. The van der Waals surface area contributed by atoms with Crippen LogP contribution in [0, 0.1) is 0 Å². The molecule has 3 rings (SSSR count). The molecule has 0 bridgehead atoms. The van der Waals surface area contributed by atoms with E-state index in [1.165, 1.54) is 12.3 Å². The molecule has 2 unspecified atom stereocenters. The van der Waals surface area contributed by atoms with Crippen LogP contribution >= 0.6 is 23.5 Å². The zero-order valence-electron chi connectivity index (χ0n) is 15.9. The van der Waals surface area contributed by atoms with Gasteiger partial charge in [-0.15, -0.1) is 0 Å². The number of nitrogens with two attached hydrogens (primary N) is 1. The van der Waals surface area contributed by atoms with Crippen molar-refractivity contribution in [2.75, 3.05) is 18.9 Å². The molecule has 0 amide bonds. The number of aromatic nitrogens is 2. The first-order valence-electron chi connectivity index (χ1n) is 8.75. The molecule has 7 N–H and O–H groups in total. The SMILES string of the molecule is Nc1ccn([C@@H]2O[C@H](COP(=O)(O)OP(=O)(O)OP(=O)(O)O)[C@@H](O)[C@]23CCCO3)c(=O)n1. The van der Waals surface area contributed by atoms with E-state index in [-0.39, 0.29) is 18.8 Å².